The van der Waals surface area contributed by atoms with Crippen LogP contribution in [0.4, 0.5) is 0 Å². The molecule has 0 fully saturated rings. The van der Waals surface area contributed by atoms with Crippen molar-refractivity contribution in [1.29, 1.82) is 0 Å². The van der Waals surface area contributed by atoms with Gasteiger partial charge in [0, 0.05) is 33.3 Å². The zero-order chi connectivity index (χ0) is 19.7. The van der Waals surface area contributed by atoms with Gasteiger partial charge >= 0.3 is 0 Å². The minimum atomic E-state index is 0.694. The molecule has 0 radical (unpaired) electrons. The van der Waals surface area contributed by atoms with E-state index in [0.29, 0.717) is 5.65 Å². The zero-order valence-corrected chi connectivity index (χ0v) is 16.2. The topological polar surface area (TPSA) is 112 Å². The van der Waals surface area contributed by atoms with E-state index in [1.807, 2.05) is 30.7 Å². The van der Waals surface area contributed by atoms with Gasteiger partial charge in [-0.2, -0.15) is 5.10 Å². The minimum Gasteiger partial charge on any atom is -0.346 e. The van der Waals surface area contributed by atoms with Gasteiger partial charge in [-0.05, 0) is 24.3 Å². The number of pyridine rings is 3. The Morgan fingerprint density at radius 2 is 1.77 bits per heavy atom. The summed E-state index contributed by atoms with van der Waals surface area (Å²) in [5.41, 5.74) is 5.76. The number of aromatic nitrogens is 8. The summed E-state index contributed by atoms with van der Waals surface area (Å²) in [6, 6.07) is 8.20. The molecule has 8 bridgehead atoms. The lowest BCUT2D eigenvalue weighted by molar-refractivity contribution is 1.14. The SMILES string of the molecule is c1ncc2cc1[nH]c1ccc(s1)c1cncc3[nH]c(nc31)c1n[nH]c3cnc2cc31. The molecule has 3 N–H and O–H groups in total. The van der Waals surface area contributed by atoms with Gasteiger partial charge in [-0.1, -0.05) is 0 Å². The van der Waals surface area contributed by atoms with Gasteiger partial charge in [0.2, 0.25) is 0 Å². The van der Waals surface area contributed by atoms with Crippen molar-refractivity contribution in [3.05, 3.63) is 55.2 Å². The number of fused-ring (bicyclic) bond motifs is 9. The van der Waals surface area contributed by atoms with E-state index in [4.69, 9.17) is 4.98 Å². The second-order valence-corrected chi connectivity index (χ2v) is 8.19. The zero-order valence-electron chi connectivity index (χ0n) is 15.3. The molecule has 0 aromatic carbocycles. The van der Waals surface area contributed by atoms with Crippen molar-refractivity contribution >= 4 is 75.8 Å². The average Bonchev–Trinajstić information content (AvgIpc) is 3.50. The number of nitrogens with one attached hydrogen (secondary N) is 3. The van der Waals surface area contributed by atoms with E-state index in [0.717, 1.165) is 58.8 Å². The molecule has 9 heteroatoms. The molecule has 0 aliphatic rings. The third-order valence-corrected chi connectivity index (χ3v) is 6.27. The van der Waals surface area contributed by atoms with Crippen LogP contribution in [0.3, 0.4) is 0 Å². The number of hydrogen-bond acceptors (Lipinski definition) is 6. The number of nitrogens with zero attached hydrogens (tertiary/aromatic N) is 5. The summed E-state index contributed by atoms with van der Waals surface area (Å²) in [4.78, 5) is 26.1. The molecule has 7 rings (SSSR count). The lowest BCUT2D eigenvalue weighted by Crippen LogP contribution is -1.80. The molecule has 8 nitrogen and oxygen atoms in total. The normalized spacial score (nSPS) is 12.0. The lowest BCUT2D eigenvalue weighted by Gasteiger charge is -1.95. The van der Waals surface area contributed by atoms with E-state index in [2.05, 4.69) is 47.2 Å². The summed E-state index contributed by atoms with van der Waals surface area (Å²) in [6.45, 7) is 0. The minimum absolute atomic E-state index is 0.694. The first-order chi connectivity index (χ1) is 14.8. The van der Waals surface area contributed by atoms with E-state index in [9.17, 15) is 0 Å². The molecule has 0 saturated carbocycles. The third-order valence-electron chi connectivity index (χ3n) is 5.24. The highest BCUT2D eigenvalue weighted by atomic mass is 32.1. The van der Waals surface area contributed by atoms with E-state index in [1.165, 1.54) is 0 Å². The molecule has 7 heterocycles. The molecule has 7 aromatic rings. The van der Waals surface area contributed by atoms with Gasteiger partial charge in [-0.15, -0.1) is 11.3 Å². The first-order valence-corrected chi connectivity index (χ1v) is 10.1. The number of imidazole rings is 1. The Balaban J connectivity index is 1.80. The fourth-order valence-corrected chi connectivity index (χ4v) is 4.76. The van der Waals surface area contributed by atoms with Crippen LogP contribution in [-0.2, 0) is 0 Å². The summed E-state index contributed by atoms with van der Waals surface area (Å²) < 4.78 is 1.09. The number of rotatable bonds is 0. The predicted octanol–water partition coefficient (Wildman–Crippen LogP) is 4.75. The van der Waals surface area contributed by atoms with Gasteiger partial charge in [0.05, 0.1) is 45.5 Å². The highest BCUT2D eigenvalue weighted by Gasteiger charge is 2.10. The average molecular weight is 408 g/mol. The van der Waals surface area contributed by atoms with E-state index in [-0.39, 0.29) is 0 Å². The van der Waals surface area contributed by atoms with Crippen LogP contribution in [0.5, 0.6) is 0 Å². The summed E-state index contributed by atoms with van der Waals surface area (Å²) in [5.74, 6) is 0. The van der Waals surface area contributed by atoms with Gasteiger partial charge in [-0.3, -0.25) is 20.1 Å². The van der Waals surface area contributed by atoms with Crippen LogP contribution in [0.15, 0.2) is 55.2 Å². The molecule has 0 unspecified atom stereocenters. The highest BCUT2D eigenvalue weighted by Crippen LogP contribution is 2.28. The third kappa shape index (κ3) is 2.23. The smallest absolute Gasteiger partial charge is 0.159 e. The Morgan fingerprint density at radius 1 is 0.800 bits per heavy atom. The largest absolute Gasteiger partial charge is 0.346 e. The van der Waals surface area contributed by atoms with Crippen molar-refractivity contribution in [1.82, 2.24) is 40.1 Å². The number of aromatic amines is 3. The first-order valence-electron chi connectivity index (χ1n) is 9.33. The molecule has 0 aliphatic carbocycles. The highest BCUT2D eigenvalue weighted by molar-refractivity contribution is 7.23. The van der Waals surface area contributed by atoms with Gasteiger partial charge in [0.15, 0.2) is 5.65 Å². The van der Waals surface area contributed by atoms with Crippen LogP contribution in [0.25, 0.3) is 64.4 Å². The molecular formula is C21H12N8S. The molecule has 30 heavy (non-hydrogen) atoms. The van der Waals surface area contributed by atoms with Gasteiger partial charge in [0.25, 0.3) is 0 Å². The molecule has 0 aliphatic heterocycles. The fourth-order valence-electron chi connectivity index (χ4n) is 3.82. The second-order valence-electron chi connectivity index (χ2n) is 7.11. The maximum atomic E-state index is 4.89. The standard InChI is InChI=1S/C21H12N8S/c1-2-18-25-11-3-10(5-22-6-11)14-4-12-15(9-24-14)28-29-20(12)21-26-16-8-23-7-13(17(1)30-18)19(16)27-21/h1-9,25H,(H,26,27)(H,28,29). The Labute approximate surface area is 171 Å². The Morgan fingerprint density at radius 3 is 2.77 bits per heavy atom. The number of hydrogen-bond donors (Lipinski definition) is 3. The summed E-state index contributed by atoms with van der Waals surface area (Å²) in [6.07, 6.45) is 9.07. The van der Waals surface area contributed by atoms with Crippen molar-refractivity contribution in [2.45, 2.75) is 0 Å². The first kappa shape index (κ1) is 15.8. The maximum Gasteiger partial charge on any atom is 0.159 e. The monoisotopic (exact) mass is 408 g/mol. The summed E-state index contributed by atoms with van der Waals surface area (Å²) in [5, 5.41) is 10.4. The number of H-pyrrole nitrogens is 3. The van der Waals surface area contributed by atoms with E-state index in [1.54, 1.807) is 23.7 Å². The van der Waals surface area contributed by atoms with Crippen LogP contribution in [-0.4, -0.2) is 40.1 Å². The Bertz CT molecular complexity index is 1820. The Hall–Kier alpha value is -4.11. The van der Waals surface area contributed by atoms with Crippen molar-refractivity contribution in [3.8, 4) is 0 Å². The van der Waals surface area contributed by atoms with Crippen LogP contribution < -0.4 is 0 Å². The van der Waals surface area contributed by atoms with Crippen molar-refractivity contribution in [3.63, 3.8) is 0 Å². The van der Waals surface area contributed by atoms with Crippen molar-refractivity contribution in [2.24, 2.45) is 0 Å². The lowest BCUT2D eigenvalue weighted by atomic mass is 10.2. The fraction of sp³-hybridized carbons (Fsp3) is 0. The van der Waals surface area contributed by atoms with Crippen LogP contribution >= 0.6 is 11.3 Å². The Kier molecular flexibility index (Phi) is 3.00. The molecule has 7 aromatic heterocycles. The molecule has 0 spiro atoms. The van der Waals surface area contributed by atoms with Crippen molar-refractivity contribution in [2.75, 3.05) is 0 Å². The molecule has 0 atom stereocenters. The van der Waals surface area contributed by atoms with Gasteiger partial charge < -0.3 is 9.97 Å². The van der Waals surface area contributed by atoms with Crippen LogP contribution in [0.1, 0.15) is 0 Å². The summed E-state index contributed by atoms with van der Waals surface area (Å²) >= 11 is 1.65. The molecule has 0 saturated heterocycles. The van der Waals surface area contributed by atoms with E-state index >= 15 is 0 Å². The summed E-state index contributed by atoms with van der Waals surface area (Å²) in [7, 11) is 0. The van der Waals surface area contributed by atoms with Gasteiger partial charge in [-0.25, -0.2) is 4.98 Å². The van der Waals surface area contributed by atoms with Crippen molar-refractivity contribution < 1.29 is 0 Å². The molecular weight excluding hydrogens is 396 g/mol. The van der Waals surface area contributed by atoms with Crippen LogP contribution in [0.2, 0.25) is 0 Å². The van der Waals surface area contributed by atoms with Gasteiger partial charge in [0.1, 0.15) is 11.0 Å². The quantitative estimate of drug-likeness (QED) is 0.335. The second kappa shape index (κ2) is 5.71. The molecule has 0 amide bonds. The van der Waals surface area contributed by atoms with E-state index < -0.39 is 0 Å². The van der Waals surface area contributed by atoms with Crippen LogP contribution in [0, 0.1) is 0 Å². The molecule has 142 valence electrons. The number of thiophene rings is 1. The maximum absolute atomic E-state index is 4.89. The predicted molar refractivity (Wildman–Crippen MR) is 119 cm³/mol.